The van der Waals surface area contributed by atoms with Crippen LogP contribution < -0.4 is 16.6 Å². The molecule has 0 spiro atoms. The van der Waals surface area contributed by atoms with Crippen LogP contribution >= 0.6 is 0 Å². The molecule has 0 amide bonds. The van der Waals surface area contributed by atoms with Crippen LogP contribution in [-0.2, 0) is 14.1 Å². The summed E-state index contributed by atoms with van der Waals surface area (Å²) >= 11 is 0. The van der Waals surface area contributed by atoms with Gasteiger partial charge in [0.05, 0.1) is 0 Å². The lowest BCUT2D eigenvalue weighted by atomic mass is 10.1. The largest absolute Gasteiger partial charge is 0.336 e. The number of piperazine rings is 1. The monoisotopic (exact) mass is 320 g/mol. The average Bonchev–Trinajstić information content (AvgIpc) is 3.02. The van der Waals surface area contributed by atoms with Crippen LogP contribution in [0.25, 0.3) is 11.2 Å². The zero-order chi connectivity index (χ0) is 16.6. The number of rotatable bonds is 4. The first kappa shape index (κ1) is 15.9. The Labute approximate surface area is 134 Å². The van der Waals surface area contributed by atoms with E-state index in [0.29, 0.717) is 11.2 Å². The summed E-state index contributed by atoms with van der Waals surface area (Å²) in [6.07, 6.45) is 0.929. The number of nitrogens with zero attached hydrogens (tertiary/aromatic N) is 4. The zero-order valence-electron chi connectivity index (χ0n) is 13.9. The van der Waals surface area contributed by atoms with Crippen molar-refractivity contribution in [1.82, 2.24) is 29.3 Å². The van der Waals surface area contributed by atoms with E-state index in [1.165, 1.54) is 11.6 Å². The van der Waals surface area contributed by atoms with Gasteiger partial charge < -0.3 is 15.2 Å². The van der Waals surface area contributed by atoms with Gasteiger partial charge in [0.15, 0.2) is 5.65 Å². The van der Waals surface area contributed by atoms with Crippen LogP contribution in [-0.4, -0.2) is 56.7 Å². The minimum Gasteiger partial charge on any atom is -0.336 e. The zero-order valence-corrected chi connectivity index (χ0v) is 13.9. The second kappa shape index (κ2) is 6.29. The predicted molar refractivity (Wildman–Crippen MR) is 88.9 cm³/mol. The molecule has 0 aromatic carbocycles. The summed E-state index contributed by atoms with van der Waals surface area (Å²) in [7, 11) is 3.13. The second-order valence-electron chi connectivity index (χ2n) is 6.18. The first-order valence-electron chi connectivity index (χ1n) is 8.11. The molecule has 0 radical (unpaired) electrons. The van der Waals surface area contributed by atoms with Gasteiger partial charge in [-0.2, -0.15) is 0 Å². The lowest BCUT2D eigenvalue weighted by molar-refractivity contribution is 0.223. The minimum absolute atomic E-state index is 0.223. The molecule has 2 aromatic heterocycles. The SMILES string of the molecule is CCC(CN1CCNCC1)c1nc2c([nH]1)c(=O)n(C)c(=O)n2C. The molecule has 1 saturated heterocycles. The van der Waals surface area contributed by atoms with Gasteiger partial charge in [0.2, 0.25) is 0 Å². The fraction of sp³-hybridized carbons (Fsp3) is 0.667. The maximum absolute atomic E-state index is 12.3. The van der Waals surface area contributed by atoms with Crippen molar-refractivity contribution < 1.29 is 0 Å². The number of aromatic nitrogens is 4. The molecular formula is C15H24N6O2. The molecule has 126 valence electrons. The van der Waals surface area contributed by atoms with Crippen molar-refractivity contribution in [1.29, 1.82) is 0 Å². The predicted octanol–water partition coefficient (Wildman–Crippen LogP) is -0.641. The molecule has 1 aliphatic rings. The third kappa shape index (κ3) is 2.84. The molecule has 8 heteroatoms. The van der Waals surface area contributed by atoms with Crippen LogP contribution in [0.1, 0.15) is 25.1 Å². The van der Waals surface area contributed by atoms with Crippen molar-refractivity contribution >= 4 is 11.2 Å². The van der Waals surface area contributed by atoms with Crippen LogP contribution in [0.15, 0.2) is 9.59 Å². The van der Waals surface area contributed by atoms with Crippen LogP contribution in [0, 0.1) is 0 Å². The Morgan fingerprint density at radius 3 is 2.52 bits per heavy atom. The number of hydrogen-bond acceptors (Lipinski definition) is 5. The Morgan fingerprint density at radius 1 is 1.17 bits per heavy atom. The fourth-order valence-electron chi connectivity index (χ4n) is 3.15. The molecule has 2 aromatic rings. The van der Waals surface area contributed by atoms with Crippen LogP contribution in [0.2, 0.25) is 0 Å². The molecule has 3 rings (SSSR count). The summed E-state index contributed by atoms with van der Waals surface area (Å²) in [6, 6.07) is 0. The van der Waals surface area contributed by atoms with Gasteiger partial charge in [-0.25, -0.2) is 9.78 Å². The normalized spacial score (nSPS) is 17.7. The molecule has 0 bridgehead atoms. The number of nitrogens with one attached hydrogen (secondary N) is 2. The summed E-state index contributed by atoms with van der Waals surface area (Å²) in [6.45, 7) is 7.09. The Hall–Kier alpha value is -1.93. The maximum atomic E-state index is 12.3. The van der Waals surface area contributed by atoms with Crippen LogP contribution in [0.3, 0.4) is 0 Å². The van der Waals surface area contributed by atoms with Gasteiger partial charge in [0.25, 0.3) is 5.56 Å². The second-order valence-corrected chi connectivity index (χ2v) is 6.18. The lowest BCUT2D eigenvalue weighted by Crippen LogP contribution is -2.45. The van der Waals surface area contributed by atoms with Crippen molar-refractivity contribution in [2.24, 2.45) is 14.1 Å². The van der Waals surface area contributed by atoms with Gasteiger partial charge in [0.1, 0.15) is 11.3 Å². The fourth-order valence-corrected chi connectivity index (χ4v) is 3.15. The number of H-pyrrole nitrogens is 1. The number of imidazole rings is 1. The van der Waals surface area contributed by atoms with Gasteiger partial charge in [-0.15, -0.1) is 0 Å². The highest BCUT2D eigenvalue weighted by atomic mass is 16.2. The standard InChI is InChI=1S/C15H24N6O2/c1-4-10(9-21-7-5-16-6-8-21)12-17-11-13(18-12)19(2)15(23)20(3)14(11)22/h10,16H,4-9H2,1-3H3,(H,17,18). The Kier molecular flexibility index (Phi) is 4.36. The van der Waals surface area contributed by atoms with E-state index in [1.54, 1.807) is 7.05 Å². The summed E-state index contributed by atoms with van der Waals surface area (Å²) in [5.74, 6) is 1.01. The van der Waals surface area contributed by atoms with Crippen molar-refractivity contribution in [3.05, 3.63) is 26.7 Å². The van der Waals surface area contributed by atoms with Gasteiger partial charge in [-0.3, -0.25) is 13.9 Å². The van der Waals surface area contributed by atoms with Gasteiger partial charge in [-0.1, -0.05) is 6.92 Å². The summed E-state index contributed by atoms with van der Waals surface area (Å²) in [5, 5.41) is 3.35. The average molecular weight is 320 g/mol. The number of hydrogen-bond donors (Lipinski definition) is 2. The topological polar surface area (TPSA) is 88.0 Å². The summed E-state index contributed by atoms with van der Waals surface area (Å²) in [4.78, 5) is 34.4. The first-order chi connectivity index (χ1) is 11.0. The Balaban J connectivity index is 1.98. The first-order valence-corrected chi connectivity index (χ1v) is 8.11. The molecule has 0 aliphatic carbocycles. The Morgan fingerprint density at radius 2 is 1.87 bits per heavy atom. The number of aryl methyl sites for hydroxylation is 1. The summed E-state index contributed by atoms with van der Waals surface area (Å²) < 4.78 is 2.54. The van der Waals surface area contributed by atoms with Gasteiger partial charge in [0, 0.05) is 52.7 Å². The molecule has 8 nitrogen and oxygen atoms in total. The molecule has 0 saturated carbocycles. The molecule has 2 N–H and O–H groups in total. The highest BCUT2D eigenvalue weighted by Gasteiger charge is 2.21. The smallest absolute Gasteiger partial charge is 0.332 e. The van der Waals surface area contributed by atoms with Crippen LogP contribution in [0.5, 0.6) is 0 Å². The molecule has 3 heterocycles. The summed E-state index contributed by atoms with van der Waals surface area (Å²) in [5.41, 5.74) is 0.171. The van der Waals surface area contributed by atoms with Crippen molar-refractivity contribution in [2.45, 2.75) is 19.3 Å². The van der Waals surface area contributed by atoms with E-state index in [2.05, 4.69) is 27.1 Å². The molecular weight excluding hydrogens is 296 g/mol. The van der Waals surface area contributed by atoms with Crippen LogP contribution in [0.4, 0.5) is 0 Å². The number of fused-ring (bicyclic) bond motifs is 1. The highest BCUT2D eigenvalue weighted by molar-refractivity contribution is 5.69. The number of aromatic amines is 1. The molecule has 23 heavy (non-hydrogen) atoms. The molecule has 1 aliphatic heterocycles. The van der Waals surface area contributed by atoms with Crippen molar-refractivity contribution in [3.63, 3.8) is 0 Å². The molecule has 1 unspecified atom stereocenters. The third-order valence-corrected chi connectivity index (χ3v) is 4.68. The third-order valence-electron chi connectivity index (χ3n) is 4.68. The van der Waals surface area contributed by atoms with E-state index in [0.717, 1.165) is 49.5 Å². The maximum Gasteiger partial charge on any atom is 0.332 e. The van der Waals surface area contributed by atoms with E-state index in [-0.39, 0.29) is 17.2 Å². The van der Waals surface area contributed by atoms with Gasteiger partial charge >= 0.3 is 5.69 Å². The lowest BCUT2D eigenvalue weighted by Gasteiger charge is -2.29. The van der Waals surface area contributed by atoms with Gasteiger partial charge in [-0.05, 0) is 6.42 Å². The molecule has 1 atom stereocenters. The van der Waals surface area contributed by atoms with E-state index in [1.807, 2.05) is 0 Å². The minimum atomic E-state index is -0.351. The van der Waals surface area contributed by atoms with Crippen molar-refractivity contribution in [2.75, 3.05) is 32.7 Å². The quantitative estimate of drug-likeness (QED) is 0.782. The van der Waals surface area contributed by atoms with E-state index in [9.17, 15) is 9.59 Å². The van der Waals surface area contributed by atoms with E-state index in [4.69, 9.17) is 0 Å². The van der Waals surface area contributed by atoms with Crippen molar-refractivity contribution in [3.8, 4) is 0 Å². The van der Waals surface area contributed by atoms with E-state index >= 15 is 0 Å². The molecule has 1 fully saturated rings. The highest BCUT2D eigenvalue weighted by Crippen LogP contribution is 2.20. The van der Waals surface area contributed by atoms with E-state index < -0.39 is 0 Å². The Bertz CT molecular complexity index is 812.